The summed E-state index contributed by atoms with van der Waals surface area (Å²) in [4.78, 5) is 13.5. The number of aliphatic hydroxyl groups is 2. The highest BCUT2D eigenvalue weighted by Gasteiger charge is 2.44. The van der Waals surface area contributed by atoms with Crippen molar-refractivity contribution in [3.05, 3.63) is 82.4 Å². The van der Waals surface area contributed by atoms with Crippen molar-refractivity contribution in [1.82, 2.24) is 5.32 Å². The van der Waals surface area contributed by atoms with Gasteiger partial charge in [0.1, 0.15) is 0 Å². The molecule has 33 heavy (non-hydrogen) atoms. The number of benzene rings is 2. The van der Waals surface area contributed by atoms with Crippen LogP contribution in [0.15, 0.2) is 61.2 Å². The maximum atomic E-state index is 13.5. The Morgan fingerprint density at radius 2 is 1.79 bits per heavy atom. The predicted molar refractivity (Wildman–Crippen MR) is 137 cm³/mol. The van der Waals surface area contributed by atoms with Crippen LogP contribution in [-0.2, 0) is 16.6 Å². The zero-order valence-electron chi connectivity index (χ0n) is 19.7. The van der Waals surface area contributed by atoms with Crippen molar-refractivity contribution in [3.63, 3.8) is 0 Å². The molecule has 3 atom stereocenters. The van der Waals surface area contributed by atoms with Crippen molar-refractivity contribution in [2.24, 2.45) is 11.3 Å². The molecule has 0 saturated heterocycles. The van der Waals surface area contributed by atoms with Crippen molar-refractivity contribution in [3.8, 4) is 0 Å². The molecular weight excluding hydrogens is 457 g/mol. The average molecular weight is 492 g/mol. The highest BCUT2D eigenvalue weighted by atomic mass is 35.5. The first kappa shape index (κ1) is 27.4. The Bertz CT molecular complexity index is 931. The van der Waals surface area contributed by atoms with Crippen LogP contribution < -0.4 is 5.32 Å². The third-order valence-electron chi connectivity index (χ3n) is 6.38. The van der Waals surface area contributed by atoms with Crippen LogP contribution in [0.1, 0.15) is 44.7 Å². The Morgan fingerprint density at radius 3 is 2.30 bits per heavy atom. The first-order valence-electron chi connectivity index (χ1n) is 11.2. The van der Waals surface area contributed by atoms with E-state index >= 15 is 0 Å². The molecule has 0 aliphatic rings. The van der Waals surface area contributed by atoms with E-state index in [0.717, 1.165) is 11.1 Å². The first-order chi connectivity index (χ1) is 15.6. The normalized spacial score (nSPS) is 16.0. The van der Waals surface area contributed by atoms with Gasteiger partial charge in [-0.05, 0) is 60.6 Å². The van der Waals surface area contributed by atoms with Gasteiger partial charge in [0.05, 0.1) is 24.7 Å². The SMILES string of the molecule is C=CCC(C)(C[C@](CO)(Cc1ccc(Cl)cc1)c1cccc(Cl)c1)C(=O)NC(CO)C(C)C. The predicted octanol–water partition coefficient (Wildman–Crippen LogP) is 5.57. The van der Waals surface area contributed by atoms with Crippen molar-refractivity contribution in [2.45, 2.75) is 51.5 Å². The zero-order chi connectivity index (χ0) is 24.6. The molecule has 0 fully saturated rings. The van der Waals surface area contributed by atoms with E-state index in [1.807, 2.05) is 63.2 Å². The molecule has 0 aromatic heterocycles. The molecule has 0 radical (unpaired) electrons. The molecule has 0 aliphatic heterocycles. The lowest BCUT2D eigenvalue weighted by molar-refractivity contribution is -0.133. The summed E-state index contributed by atoms with van der Waals surface area (Å²) in [6.07, 6.45) is 2.99. The fraction of sp³-hybridized carbons (Fsp3) is 0.444. The van der Waals surface area contributed by atoms with E-state index in [-0.39, 0.29) is 31.1 Å². The van der Waals surface area contributed by atoms with Crippen LogP contribution in [0.3, 0.4) is 0 Å². The number of allylic oxidation sites excluding steroid dienone is 1. The fourth-order valence-corrected chi connectivity index (χ4v) is 4.67. The minimum atomic E-state index is -0.873. The third-order valence-corrected chi connectivity index (χ3v) is 6.87. The molecule has 0 spiro atoms. The molecule has 2 aromatic carbocycles. The van der Waals surface area contributed by atoms with Gasteiger partial charge in [0.2, 0.25) is 5.91 Å². The van der Waals surface area contributed by atoms with Crippen LogP contribution in [0.5, 0.6) is 0 Å². The van der Waals surface area contributed by atoms with Crippen molar-refractivity contribution in [2.75, 3.05) is 13.2 Å². The Balaban J connectivity index is 2.54. The van der Waals surface area contributed by atoms with Gasteiger partial charge in [0, 0.05) is 15.5 Å². The highest BCUT2D eigenvalue weighted by Crippen LogP contribution is 2.43. The molecule has 180 valence electrons. The van der Waals surface area contributed by atoms with Gasteiger partial charge < -0.3 is 15.5 Å². The van der Waals surface area contributed by atoms with Crippen LogP contribution in [0.25, 0.3) is 0 Å². The van der Waals surface area contributed by atoms with E-state index in [2.05, 4.69) is 11.9 Å². The summed E-state index contributed by atoms with van der Waals surface area (Å²) in [6, 6.07) is 14.6. The van der Waals surface area contributed by atoms with Gasteiger partial charge in [-0.15, -0.1) is 6.58 Å². The Kier molecular flexibility index (Phi) is 9.99. The average Bonchev–Trinajstić information content (AvgIpc) is 2.78. The van der Waals surface area contributed by atoms with Crippen molar-refractivity contribution < 1.29 is 15.0 Å². The molecule has 2 unspecified atom stereocenters. The molecule has 0 saturated carbocycles. The number of halogens is 2. The van der Waals surface area contributed by atoms with Gasteiger partial charge in [0.15, 0.2) is 0 Å². The smallest absolute Gasteiger partial charge is 0.226 e. The monoisotopic (exact) mass is 491 g/mol. The lowest BCUT2D eigenvalue weighted by Gasteiger charge is -2.41. The maximum Gasteiger partial charge on any atom is 0.226 e. The number of carbonyl (C=O) groups excluding carboxylic acids is 1. The third kappa shape index (κ3) is 7.07. The Morgan fingerprint density at radius 1 is 1.12 bits per heavy atom. The molecule has 0 aliphatic carbocycles. The van der Waals surface area contributed by atoms with E-state index in [9.17, 15) is 15.0 Å². The van der Waals surface area contributed by atoms with E-state index < -0.39 is 10.8 Å². The lowest BCUT2D eigenvalue weighted by atomic mass is 9.64. The van der Waals surface area contributed by atoms with Crippen molar-refractivity contribution >= 4 is 29.1 Å². The molecule has 3 N–H and O–H groups in total. The second-order valence-corrected chi connectivity index (χ2v) is 10.4. The topological polar surface area (TPSA) is 69.6 Å². The van der Waals surface area contributed by atoms with E-state index in [1.54, 1.807) is 12.1 Å². The summed E-state index contributed by atoms with van der Waals surface area (Å²) in [5, 5.41) is 24.8. The molecule has 2 rings (SSSR count). The van der Waals surface area contributed by atoms with Crippen LogP contribution in [0, 0.1) is 11.3 Å². The molecular formula is C27H35Cl2NO3. The summed E-state index contributed by atoms with van der Waals surface area (Å²) in [7, 11) is 0. The number of amides is 1. The number of hydrogen-bond donors (Lipinski definition) is 3. The number of aliphatic hydroxyl groups excluding tert-OH is 2. The summed E-state index contributed by atoms with van der Waals surface area (Å²) in [6.45, 7) is 9.35. The Hall–Kier alpha value is -1.85. The van der Waals surface area contributed by atoms with Gasteiger partial charge in [-0.2, -0.15) is 0 Å². The zero-order valence-corrected chi connectivity index (χ0v) is 21.2. The highest BCUT2D eigenvalue weighted by molar-refractivity contribution is 6.30. The number of carbonyl (C=O) groups is 1. The van der Waals surface area contributed by atoms with Crippen LogP contribution >= 0.6 is 23.2 Å². The minimum Gasteiger partial charge on any atom is -0.395 e. The summed E-state index contributed by atoms with van der Waals surface area (Å²) in [5.74, 6) is -0.0948. The maximum absolute atomic E-state index is 13.5. The number of rotatable bonds is 12. The standard InChI is InChI=1S/C27H35Cl2NO3/c1-5-13-26(4,25(33)30-24(16-31)19(2)3)17-27(18-32,21-7-6-8-23(29)14-21)15-20-9-11-22(28)12-10-20/h5-12,14,19,24,31-32H,1,13,15-18H2,2-4H3,(H,30,33)/t24?,26?,27-/m0/s1. The van der Waals surface area contributed by atoms with Gasteiger partial charge in [-0.3, -0.25) is 4.79 Å². The largest absolute Gasteiger partial charge is 0.395 e. The second-order valence-electron chi connectivity index (χ2n) is 9.49. The first-order valence-corrected chi connectivity index (χ1v) is 12.0. The minimum absolute atomic E-state index is 0.0801. The summed E-state index contributed by atoms with van der Waals surface area (Å²) in [5.41, 5.74) is 0.199. The van der Waals surface area contributed by atoms with E-state index in [1.165, 1.54) is 0 Å². The van der Waals surface area contributed by atoms with Gasteiger partial charge in [-0.25, -0.2) is 0 Å². The van der Waals surface area contributed by atoms with Crippen molar-refractivity contribution in [1.29, 1.82) is 0 Å². The summed E-state index contributed by atoms with van der Waals surface area (Å²) < 4.78 is 0. The number of nitrogens with one attached hydrogen (secondary N) is 1. The van der Waals surface area contributed by atoms with E-state index in [4.69, 9.17) is 23.2 Å². The molecule has 0 bridgehead atoms. The molecule has 6 heteroatoms. The van der Waals surface area contributed by atoms with Crippen LogP contribution in [0.2, 0.25) is 10.0 Å². The van der Waals surface area contributed by atoms with Gasteiger partial charge in [-0.1, -0.05) is 74.3 Å². The quantitative estimate of drug-likeness (QED) is 0.339. The van der Waals surface area contributed by atoms with E-state index in [0.29, 0.717) is 29.3 Å². The second kappa shape index (κ2) is 12.0. The van der Waals surface area contributed by atoms with Gasteiger partial charge in [0.25, 0.3) is 0 Å². The fourth-order valence-electron chi connectivity index (χ4n) is 4.36. The number of hydrogen-bond acceptors (Lipinski definition) is 3. The molecule has 1 amide bonds. The molecule has 4 nitrogen and oxygen atoms in total. The van der Waals surface area contributed by atoms with Gasteiger partial charge >= 0.3 is 0 Å². The lowest BCUT2D eigenvalue weighted by Crippen LogP contribution is -2.51. The Labute approximate surface area is 207 Å². The molecule has 2 aromatic rings. The molecule has 0 heterocycles. The summed E-state index contributed by atoms with van der Waals surface area (Å²) >= 11 is 12.4. The van der Waals surface area contributed by atoms with Crippen LogP contribution in [0.4, 0.5) is 0 Å². The van der Waals surface area contributed by atoms with Crippen LogP contribution in [-0.4, -0.2) is 35.4 Å².